The van der Waals surface area contributed by atoms with Crippen LogP contribution in [0.1, 0.15) is 23.2 Å². The summed E-state index contributed by atoms with van der Waals surface area (Å²) in [4.78, 5) is 13.8. The standard InChI is InChI=1S/C13H15ClFNO2/c14-8-9-3-5-16(6-4-9)13(18)11-2-1-10(15)7-12(11)17/h1-2,7,9,17H,3-6,8H2. The van der Waals surface area contributed by atoms with Crippen LogP contribution in [-0.2, 0) is 0 Å². The van der Waals surface area contributed by atoms with E-state index in [1.165, 1.54) is 12.1 Å². The number of phenolic OH excluding ortho intramolecular Hbond substituents is 1. The van der Waals surface area contributed by atoms with Crippen LogP contribution in [0.25, 0.3) is 0 Å². The second kappa shape index (κ2) is 5.57. The topological polar surface area (TPSA) is 40.5 Å². The van der Waals surface area contributed by atoms with Gasteiger partial charge in [0.25, 0.3) is 5.91 Å². The van der Waals surface area contributed by atoms with Crippen molar-refractivity contribution in [3.05, 3.63) is 29.6 Å². The molecule has 0 aliphatic carbocycles. The molecule has 0 unspecified atom stereocenters. The van der Waals surface area contributed by atoms with Gasteiger partial charge < -0.3 is 10.0 Å². The van der Waals surface area contributed by atoms with Gasteiger partial charge in [0.2, 0.25) is 0 Å². The van der Waals surface area contributed by atoms with Crippen molar-refractivity contribution in [3.8, 4) is 5.75 Å². The number of rotatable bonds is 2. The van der Waals surface area contributed by atoms with E-state index in [4.69, 9.17) is 11.6 Å². The van der Waals surface area contributed by atoms with Gasteiger partial charge in [0.1, 0.15) is 11.6 Å². The number of hydrogen-bond acceptors (Lipinski definition) is 2. The number of benzene rings is 1. The van der Waals surface area contributed by atoms with Gasteiger partial charge in [0.15, 0.2) is 0 Å². The van der Waals surface area contributed by atoms with E-state index < -0.39 is 5.82 Å². The van der Waals surface area contributed by atoms with E-state index in [-0.39, 0.29) is 17.2 Å². The van der Waals surface area contributed by atoms with Crippen molar-refractivity contribution in [3.63, 3.8) is 0 Å². The van der Waals surface area contributed by atoms with Crippen molar-refractivity contribution >= 4 is 17.5 Å². The molecule has 1 fully saturated rings. The van der Waals surface area contributed by atoms with Crippen LogP contribution in [0.2, 0.25) is 0 Å². The lowest BCUT2D eigenvalue weighted by Gasteiger charge is -2.31. The molecule has 18 heavy (non-hydrogen) atoms. The van der Waals surface area contributed by atoms with E-state index >= 15 is 0 Å². The second-order valence-electron chi connectivity index (χ2n) is 4.55. The quantitative estimate of drug-likeness (QED) is 0.840. The summed E-state index contributed by atoms with van der Waals surface area (Å²) in [5.74, 6) is -0.0356. The summed E-state index contributed by atoms with van der Waals surface area (Å²) in [6.45, 7) is 1.26. The number of amides is 1. The zero-order chi connectivity index (χ0) is 13.1. The minimum Gasteiger partial charge on any atom is -0.507 e. The van der Waals surface area contributed by atoms with Crippen molar-refractivity contribution < 1.29 is 14.3 Å². The predicted molar refractivity (Wildman–Crippen MR) is 67.4 cm³/mol. The Morgan fingerprint density at radius 2 is 2.11 bits per heavy atom. The minimum atomic E-state index is -0.551. The van der Waals surface area contributed by atoms with Crippen molar-refractivity contribution in [1.29, 1.82) is 0 Å². The number of piperidine rings is 1. The normalized spacial score (nSPS) is 16.9. The van der Waals surface area contributed by atoms with E-state index in [1.807, 2.05) is 0 Å². The largest absolute Gasteiger partial charge is 0.507 e. The monoisotopic (exact) mass is 271 g/mol. The van der Waals surface area contributed by atoms with E-state index in [9.17, 15) is 14.3 Å². The van der Waals surface area contributed by atoms with Gasteiger partial charge in [-0.3, -0.25) is 4.79 Å². The number of aromatic hydroxyl groups is 1. The van der Waals surface area contributed by atoms with Gasteiger partial charge in [-0.15, -0.1) is 11.6 Å². The molecule has 0 spiro atoms. The first-order chi connectivity index (χ1) is 8.61. The SMILES string of the molecule is O=C(c1ccc(F)cc1O)N1CCC(CCl)CC1. The zero-order valence-electron chi connectivity index (χ0n) is 9.90. The van der Waals surface area contributed by atoms with E-state index in [2.05, 4.69) is 0 Å². The lowest BCUT2D eigenvalue weighted by Crippen LogP contribution is -2.38. The Morgan fingerprint density at radius 1 is 1.44 bits per heavy atom. The Kier molecular flexibility index (Phi) is 4.07. The summed E-state index contributed by atoms with van der Waals surface area (Å²) >= 11 is 5.78. The third-order valence-electron chi connectivity index (χ3n) is 3.31. The Balaban J connectivity index is 2.08. The molecule has 1 aliphatic heterocycles. The maximum Gasteiger partial charge on any atom is 0.257 e. The van der Waals surface area contributed by atoms with Crippen LogP contribution < -0.4 is 0 Å². The maximum absolute atomic E-state index is 12.9. The summed E-state index contributed by atoms with van der Waals surface area (Å²) < 4.78 is 12.9. The molecule has 1 N–H and O–H groups in total. The number of carbonyl (C=O) groups excluding carboxylic acids is 1. The average Bonchev–Trinajstić information content (AvgIpc) is 2.38. The molecule has 1 aromatic rings. The molecule has 0 atom stereocenters. The van der Waals surface area contributed by atoms with E-state index in [1.54, 1.807) is 4.90 Å². The van der Waals surface area contributed by atoms with Crippen LogP contribution in [0.15, 0.2) is 18.2 Å². The summed E-state index contributed by atoms with van der Waals surface area (Å²) in [5, 5.41) is 9.58. The lowest BCUT2D eigenvalue weighted by atomic mass is 9.98. The number of hydrogen-bond donors (Lipinski definition) is 1. The second-order valence-corrected chi connectivity index (χ2v) is 4.86. The van der Waals surface area contributed by atoms with Crippen LogP contribution in [0.3, 0.4) is 0 Å². The molecule has 0 saturated carbocycles. The first kappa shape index (κ1) is 13.1. The van der Waals surface area contributed by atoms with Gasteiger partial charge in [-0.25, -0.2) is 4.39 Å². The van der Waals surface area contributed by atoms with Gasteiger partial charge in [-0.1, -0.05) is 0 Å². The Labute approximate surface area is 110 Å². The molecule has 5 heteroatoms. The van der Waals surface area contributed by atoms with Gasteiger partial charge in [0, 0.05) is 25.0 Å². The molecular formula is C13H15ClFNO2. The molecular weight excluding hydrogens is 257 g/mol. The van der Waals surface area contributed by atoms with Gasteiger partial charge in [-0.05, 0) is 30.9 Å². The van der Waals surface area contributed by atoms with E-state index in [0.717, 1.165) is 18.9 Å². The molecule has 1 aromatic carbocycles. The number of carbonyl (C=O) groups is 1. The first-order valence-corrected chi connectivity index (χ1v) is 6.49. The number of nitrogens with zero attached hydrogens (tertiary/aromatic N) is 1. The fourth-order valence-electron chi connectivity index (χ4n) is 2.15. The Hall–Kier alpha value is -1.29. The molecule has 0 radical (unpaired) electrons. The van der Waals surface area contributed by atoms with Crippen molar-refractivity contribution in [1.82, 2.24) is 4.90 Å². The summed E-state index contributed by atoms with van der Waals surface area (Å²) in [6, 6.07) is 3.46. The smallest absolute Gasteiger partial charge is 0.257 e. The fraction of sp³-hybridized carbons (Fsp3) is 0.462. The van der Waals surface area contributed by atoms with Crippen LogP contribution in [0.5, 0.6) is 5.75 Å². The minimum absolute atomic E-state index is 0.153. The number of likely N-dealkylation sites (tertiary alicyclic amines) is 1. The van der Waals surface area contributed by atoms with Gasteiger partial charge >= 0.3 is 0 Å². The predicted octanol–water partition coefficient (Wildman–Crippen LogP) is 2.62. The summed E-state index contributed by atoms with van der Waals surface area (Å²) in [7, 11) is 0. The van der Waals surface area contributed by atoms with Crippen LogP contribution in [0.4, 0.5) is 4.39 Å². The van der Waals surface area contributed by atoms with Crippen LogP contribution in [-0.4, -0.2) is 34.9 Å². The highest BCUT2D eigenvalue weighted by atomic mass is 35.5. The molecule has 1 aliphatic rings. The molecule has 1 heterocycles. The first-order valence-electron chi connectivity index (χ1n) is 5.95. The molecule has 1 amide bonds. The molecule has 2 rings (SSSR count). The highest BCUT2D eigenvalue weighted by Crippen LogP contribution is 2.24. The van der Waals surface area contributed by atoms with Crippen LogP contribution in [0, 0.1) is 11.7 Å². The molecule has 98 valence electrons. The molecule has 1 saturated heterocycles. The van der Waals surface area contributed by atoms with Crippen molar-refractivity contribution in [2.75, 3.05) is 19.0 Å². The fourth-order valence-corrected chi connectivity index (χ4v) is 2.45. The number of halogens is 2. The number of alkyl halides is 1. The molecule has 0 bridgehead atoms. The van der Waals surface area contributed by atoms with Crippen LogP contribution >= 0.6 is 11.6 Å². The molecule has 3 nitrogen and oxygen atoms in total. The van der Waals surface area contributed by atoms with Crippen molar-refractivity contribution in [2.45, 2.75) is 12.8 Å². The lowest BCUT2D eigenvalue weighted by molar-refractivity contribution is 0.0695. The third-order valence-corrected chi connectivity index (χ3v) is 3.75. The zero-order valence-corrected chi connectivity index (χ0v) is 10.7. The Bertz CT molecular complexity index is 445. The van der Waals surface area contributed by atoms with Crippen molar-refractivity contribution in [2.24, 2.45) is 5.92 Å². The summed E-state index contributed by atoms with van der Waals surface area (Å²) in [5.41, 5.74) is 0.153. The highest BCUT2D eigenvalue weighted by molar-refractivity contribution is 6.18. The third kappa shape index (κ3) is 2.75. The van der Waals surface area contributed by atoms with Gasteiger partial charge in [0.05, 0.1) is 5.56 Å². The average molecular weight is 272 g/mol. The van der Waals surface area contributed by atoms with E-state index in [0.29, 0.717) is 24.9 Å². The Morgan fingerprint density at radius 3 is 2.67 bits per heavy atom. The number of phenols is 1. The maximum atomic E-state index is 12.9. The highest BCUT2D eigenvalue weighted by Gasteiger charge is 2.24. The van der Waals surface area contributed by atoms with Gasteiger partial charge in [-0.2, -0.15) is 0 Å². The molecule has 0 aromatic heterocycles. The summed E-state index contributed by atoms with van der Waals surface area (Å²) in [6.07, 6.45) is 1.74.